The molecule has 388 valence electrons. The summed E-state index contributed by atoms with van der Waals surface area (Å²) in [6.07, 6.45) is 79.0. The number of hydrogen-bond donors (Lipinski definition) is 0. The normalized spacial score (nSPS) is 13.1. The summed E-state index contributed by atoms with van der Waals surface area (Å²) in [5.41, 5.74) is 0. The maximum Gasteiger partial charge on any atom is 0.306 e. The maximum absolute atomic E-state index is 12.7. The molecule has 0 saturated heterocycles. The molecular weight excluding hydrogens is 853 g/mol. The predicted octanol–water partition coefficient (Wildman–Crippen LogP) is 18.6. The molecule has 1 unspecified atom stereocenters. The highest BCUT2D eigenvalue weighted by molar-refractivity contribution is 5.71. The summed E-state index contributed by atoms with van der Waals surface area (Å²) in [6.45, 7) is 6.37. The van der Waals surface area contributed by atoms with Crippen molar-refractivity contribution in [3.63, 3.8) is 0 Å². The van der Waals surface area contributed by atoms with Crippen molar-refractivity contribution in [2.45, 2.75) is 232 Å². The first-order valence-corrected chi connectivity index (χ1v) is 27.7. The van der Waals surface area contributed by atoms with E-state index in [-0.39, 0.29) is 31.1 Å². The molecule has 0 amide bonds. The molecule has 0 aliphatic heterocycles. The number of rotatable bonds is 48. The molecule has 0 fully saturated rings. The van der Waals surface area contributed by atoms with Crippen molar-refractivity contribution in [1.82, 2.24) is 0 Å². The molecule has 6 heteroatoms. The van der Waals surface area contributed by atoms with Crippen LogP contribution in [0.2, 0.25) is 0 Å². The highest BCUT2D eigenvalue weighted by Crippen LogP contribution is 2.12. The van der Waals surface area contributed by atoms with Crippen molar-refractivity contribution in [3.05, 3.63) is 134 Å². The first kappa shape index (κ1) is 64.5. The van der Waals surface area contributed by atoms with Crippen LogP contribution in [0, 0.1) is 0 Å². The van der Waals surface area contributed by atoms with Crippen LogP contribution in [0.4, 0.5) is 0 Å². The SMILES string of the molecule is CC/C=C\C/C=C\C/C=C\C/C=C\C/C=C\C/C=C\C/C=C\C/C=C\C/C=C\C/C=C\CCCCC(=O)OCC(COC(=O)CCCCCCCCC)OC(=O)CCCCCCC/C=C\CCCC. The number of carbonyl (C=O) groups excluding carboxylic acids is 3. The van der Waals surface area contributed by atoms with E-state index in [0.717, 1.165) is 128 Å². The molecule has 0 aliphatic rings. The second kappa shape index (κ2) is 56.1. The summed E-state index contributed by atoms with van der Waals surface area (Å²) in [4.78, 5) is 37.7. The molecule has 0 aromatic heterocycles. The first-order valence-electron chi connectivity index (χ1n) is 27.7. The largest absolute Gasteiger partial charge is 0.462 e. The van der Waals surface area contributed by atoms with Crippen LogP contribution in [0.5, 0.6) is 0 Å². The van der Waals surface area contributed by atoms with Gasteiger partial charge < -0.3 is 14.2 Å². The minimum absolute atomic E-state index is 0.0979. The Morgan fingerprint density at radius 1 is 0.304 bits per heavy atom. The Balaban J connectivity index is 4.23. The van der Waals surface area contributed by atoms with Gasteiger partial charge in [-0.2, -0.15) is 0 Å². The minimum atomic E-state index is -0.799. The van der Waals surface area contributed by atoms with Gasteiger partial charge in [0.1, 0.15) is 13.2 Å². The number of unbranched alkanes of at least 4 members (excludes halogenated alkanes) is 15. The highest BCUT2D eigenvalue weighted by Gasteiger charge is 2.19. The van der Waals surface area contributed by atoms with Crippen molar-refractivity contribution in [2.24, 2.45) is 0 Å². The van der Waals surface area contributed by atoms with Crippen molar-refractivity contribution >= 4 is 17.9 Å². The highest BCUT2D eigenvalue weighted by atomic mass is 16.6. The van der Waals surface area contributed by atoms with E-state index in [9.17, 15) is 14.4 Å². The summed E-state index contributed by atoms with van der Waals surface area (Å²) in [5.74, 6) is -0.970. The summed E-state index contributed by atoms with van der Waals surface area (Å²) in [6, 6.07) is 0. The van der Waals surface area contributed by atoms with Gasteiger partial charge in [0.25, 0.3) is 0 Å². The summed E-state index contributed by atoms with van der Waals surface area (Å²) in [7, 11) is 0. The third-order valence-electron chi connectivity index (χ3n) is 11.1. The Hall–Kier alpha value is -4.45. The second-order valence-electron chi connectivity index (χ2n) is 17.8. The van der Waals surface area contributed by atoms with Crippen molar-refractivity contribution < 1.29 is 28.6 Å². The third kappa shape index (κ3) is 54.4. The molecule has 0 aromatic rings. The van der Waals surface area contributed by atoms with Gasteiger partial charge in [0.15, 0.2) is 6.10 Å². The van der Waals surface area contributed by atoms with Gasteiger partial charge in [-0.05, 0) is 116 Å². The second-order valence-corrected chi connectivity index (χ2v) is 17.8. The van der Waals surface area contributed by atoms with Crippen molar-refractivity contribution in [1.29, 1.82) is 0 Å². The van der Waals surface area contributed by atoms with Gasteiger partial charge in [0, 0.05) is 19.3 Å². The first-order chi connectivity index (χ1) is 34.0. The Morgan fingerprint density at radius 3 is 0.971 bits per heavy atom. The molecular formula is C63H100O6. The van der Waals surface area contributed by atoms with Gasteiger partial charge >= 0.3 is 17.9 Å². The summed E-state index contributed by atoms with van der Waals surface area (Å²) >= 11 is 0. The van der Waals surface area contributed by atoms with E-state index in [1.807, 2.05) is 0 Å². The van der Waals surface area contributed by atoms with Gasteiger partial charge in [-0.25, -0.2) is 0 Å². The molecule has 69 heavy (non-hydrogen) atoms. The lowest BCUT2D eigenvalue weighted by atomic mass is 10.1. The molecule has 0 radical (unpaired) electrons. The van der Waals surface area contributed by atoms with Crippen LogP contribution in [-0.4, -0.2) is 37.2 Å². The van der Waals surface area contributed by atoms with Gasteiger partial charge in [-0.15, -0.1) is 0 Å². The molecule has 1 atom stereocenters. The quantitative estimate of drug-likeness (QED) is 0.0262. The van der Waals surface area contributed by atoms with Crippen LogP contribution >= 0.6 is 0 Å². The smallest absolute Gasteiger partial charge is 0.306 e. The van der Waals surface area contributed by atoms with Gasteiger partial charge in [-0.1, -0.05) is 225 Å². The molecule has 0 heterocycles. The minimum Gasteiger partial charge on any atom is -0.462 e. The van der Waals surface area contributed by atoms with Gasteiger partial charge in [0.05, 0.1) is 0 Å². The van der Waals surface area contributed by atoms with Crippen LogP contribution in [0.25, 0.3) is 0 Å². The van der Waals surface area contributed by atoms with Crippen LogP contribution in [-0.2, 0) is 28.6 Å². The molecule has 6 nitrogen and oxygen atoms in total. The molecule has 0 bridgehead atoms. The number of allylic oxidation sites excluding steroid dienone is 22. The van der Waals surface area contributed by atoms with Crippen LogP contribution < -0.4 is 0 Å². The van der Waals surface area contributed by atoms with E-state index >= 15 is 0 Å². The maximum atomic E-state index is 12.7. The standard InChI is InChI=1S/C63H100O6/c1-4-7-10-13-16-18-20-21-22-23-24-25-26-27-28-29-30-31-32-33-34-35-36-37-38-39-40-41-43-44-47-50-53-56-62(65)68-59-60(58-67-61(64)55-52-49-46-15-12-9-6-3)69-63(66)57-54-51-48-45-42-19-17-14-11-8-5-2/h7,10,14,16-18,21-22,24-25,27-28,30-31,33-34,36-37,39-40,43-44,60H,4-6,8-9,11-13,15,19-20,23,26,29,32,35,38,41-42,45-59H2,1-3H3/b10-7-,17-14-,18-16-,22-21-,25-24-,28-27-,31-30-,34-33-,37-36-,40-39-,44-43-. The molecule has 0 aliphatic carbocycles. The number of carbonyl (C=O) groups is 3. The fraction of sp³-hybridized carbons (Fsp3) is 0.603. The zero-order valence-corrected chi connectivity index (χ0v) is 44.3. The molecule has 0 N–H and O–H groups in total. The van der Waals surface area contributed by atoms with Crippen LogP contribution in [0.1, 0.15) is 226 Å². The van der Waals surface area contributed by atoms with Crippen LogP contribution in [0.3, 0.4) is 0 Å². The molecule has 0 aromatic carbocycles. The zero-order chi connectivity index (χ0) is 50.0. The summed E-state index contributed by atoms with van der Waals surface area (Å²) < 4.78 is 16.7. The molecule has 0 saturated carbocycles. The topological polar surface area (TPSA) is 78.9 Å². The third-order valence-corrected chi connectivity index (χ3v) is 11.1. The zero-order valence-electron chi connectivity index (χ0n) is 44.3. The predicted molar refractivity (Wildman–Crippen MR) is 297 cm³/mol. The Morgan fingerprint density at radius 2 is 0.580 bits per heavy atom. The molecule has 0 rings (SSSR count). The van der Waals surface area contributed by atoms with Gasteiger partial charge in [-0.3, -0.25) is 14.4 Å². The van der Waals surface area contributed by atoms with E-state index in [2.05, 4.69) is 154 Å². The van der Waals surface area contributed by atoms with E-state index in [0.29, 0.717) is 25.7 Å². The average Bonchev–Trinajstić information content (AvgIpc) is 3.35. The lowest BCUT2D eigenvalue weighted by molar-refractivity contribution is -0.167. The van der Waals surface area contributed by atoms with Gasteiger partial charge in [0.2, 0.25) is 0 Å². The monoisotopic (exact) mass is 953 g/mol. The lowest BCUT2D eigenvalue weighted by Crippen LogP contribution is -2.30. The van der Waals surface area contributed by atoms with Crippen LogP contribution in [0.15, 0.2) is 134 Å². The molecule has 0 spiro atoms. The van der Waals surface area contributed by atoms with Crippen molar-refractivity contribution in [3.8, 4) is 0 Å². The lowest BCUT2D eigenvalue weighted by Gasteiger charge is -2.18. The Bertz CT molecular complexity index is 1510. The Labute approximate surface area is 424 Å². The fourth-order valence-electron chi connectivity index (χ4n) is 6.98. The average molecular weight is 953 g/mol. The van der Waals surface area contributed by atoms with E-state index in [1.54, 1.807) is 0 Å². The fourth-order valence-corrected chi connectivity index (χ4v) is 6.98. The number of hydrogen-bond acceptors (Lipinski definition) is 6. The van der Waals surface area contributed by atoms with E-state index < -0.39 is 6.10 Å². The Kier molecular flexibility index (Phi) is 52.5. The van der Waals surface area contributed by atoms with Crippen molar-refractivity contribution in [2.75, 3.05) is 13.2 Å². The van der Waals surface area contributed by atoms with E-state index in [4.69, 9.17) is 14.2 Å². The number of ether oxygens (including phenoxy) is 3. The number of esters is 3. The summed E-state index contributed by atoms with van der Waals surface area (Å²) in [5, 5.41) is 0. The van der Waals surface area contributed by atoms with E-state index in [1.165, 1.54) is 51.4 Å².